The lowest BCUT2D eigenvalue weighted by molar-refractivity contribution is -0.383. The Morgan fingerprint density at radius 1 is 1.21 bits per heavy atom. The molecule has 1 fully saturated rings. The Labute approximate surface area is 201 Å². The van der Waals surface area contributed by atoms with E-state index in [0.29, 0.717) is 5.69 Å². The highest BCUT2D eigenvalue weighted by Crippen LogP contribution is 2.29. The Kier molecular flexibility index (Phi) is 7.34. The van der Waals surface area contributed by atoms with E-state index in [2.05, 4.69) is 39.3 Å². The molecule has 1 aliphatic heterocycles. The van der Waals surface area contributed by atoms with E-state index in [1.165, 1.54) is 35.1 Å². The van der Waals surface area contributed by atoms with E-state index in [9.17, 15) is 14.9 Å². The number of hydrogen-bond donors (Lipinski definition) is 1. The van der Waals surface area contributed by atoms with Crippen molar-refractivity contribution in [3.63, 3.8) is 0 Å². The van der Waals surface area contributed by atoms with Crippen LogP contribution in [0.4, 0.5) is 11.4 Å². The second-order valence-corrected chi connectivity index (χ2v) is 9.36. The summed E-state index contributed by atoms with van der Waals surface area (Å²) in [5.74, 6) is -0.374. The van der Waals surface area contributed by atoms with Crippen molar-refractivity contribution in [3.8, 4) is 10.6 Å². The Hall–Kier alpha value is -2.85. The molecule has 0 aliphatic carbocycles. The fourth-order valence-corrected chi connectivity index (χ4v) is 4.69. The van der Waals surface area contributed by atoms with Crippen LogP contribution in [-0.2, 0) is 17.8 Å². The van der Waals surface area contributed by atoms with Crippen molar-refractivity contribution in [2.45, 2.75) is 13.0 Å². The number of nitro groups is 1. The third kappa shape index (κ3) is 6.14. The van der Waals surface area contributed by atoms with E-state index in [1.807, 2.05) is 17.5 Å². The normalized spacial score (nSPS) is 14.8. The topological polar surface area (TPSA) is 91.6 Å². The molecule has 0 unspecified atom stereocenters. The van der Waals surface area contributed by atoms with E-state index >= 15 is 0 Å². The maximum absolute atomic E-state index is 12.5. The second kappa shape index (κ2) is 10.4. The first-order chi connectivity index (χ1) is 15.9. The molecule has 4 rings (SSSR count). The van der Waals surface area contributed by atoms with Crippen LogP contribution in [0, 0.1) is 10.1 Å². The van der Waals surface area contributed by atoms with Crippen LogP contribution in [0.15, 0.2) is 47.8 Å². The summed E-state index contributed by atoms with van der Waals surface area (Å²) in [5.41, 5.74) is 2.75. The average molecular weight is 486 g/mol. The maximum atomic E-state index is 12.5. The third-order valence-corrected chi connectivity index (χ3v) is 6.68. The number of carbonyl (C=O) groups excluding carboxylic acids is 1. The van der Waals surface area contributed by atoms with Gasteiger partial charge in [-0.05, 0) is 30.8 Å². The number of nitrogens with zero attached hydrogens (tertiary/aromatic N) is 4. The Morgan fingerprint density at radius 2 is 2.00 bits per heavy atom. The largest absolute Gasteiger partial charge is 0.320 e. The molecular formula is C23H24ClN5O3S. The molecule has 0 atom stereocenters. The van der Waals surface area contributed by atoms with Crippen molar-refractivity contribution in [1.82, 2.24) is 14.8 Å². The first-order valence-corrected chi connectivity index (χ1v) is 11.8. The lowest BCUT2D eigenvalue weighted by Crippen LogP contribution is -2.43. The van der Waals surface area contributed by atoms with Crippen molar-refractivity contribution in [3.05, 3.63) is 74.2 Å². The van der Waals surface area contributed by atoms with Gasteiger partial charge in [0.05, 0.1) is 17.0 Å². The minimum absolute atomic E-state index is 0.0251. The monoisotopic (exact) mass is 485 g/mol. The van der Waals surface area contributed by atoms with Gasteiger partial charge in [-0.3, -0.25) is 19.8 Å². The van der Waals surface area contributed by atoms with Crippen LogP contribution in [0.1, 0.15) is 11.3 Å². The molecule has 3 aromatic rings. The molecule has 1 amide bonds. The average Bonchev–Trinajstić information content (AvgIpc) is 3.25. The lowest BCUT2D eigenvalue weighted by Gasteiger charge is -2.32. The molecule has 33 heavy (non-hydrogen) atoms. The van der Waals surface area contributed by atoms with Gasteiger partial charge in [-0.2, -0.15) is 0 Å². The summed E-state index contributed by atoms with van der Waals surface area (Å²) in [4.78, 5) is 32.5. The number of halogens is 1. The smallest absolute Gasteiger partial charge is 0.294 e. The number of anilines is 1. The maximum Gasteiger partial charge on any atom is 0.294 e. The van der Waals surface area contributed by atoms with Gasteiger partial charge in [0, 0.05) is 54.8 Å². The van der Waals surface area contributed by atoms with Gasteiger partial charge in [-0.25, -0.2) is 4.98 Å². The van der Waals surface area contributed by atoms with Crippen molar-refractivity contribution >= 4 is 40.2 Å². The predicted molar refractivity (Wildman–Crippen MR) is 131 cm³/mol. The zero-order chi connectivity index (χ0) is 23.4. The van der Waals surface area contributed by atoms with Crippen molar-refractivity contribution in [2.24, 2.45) is 0 Å². The van der Waals surface area contributed by atoms with Gasteiger partial charge in [-0.1, -0.05) is 29.8 Å². The first-order valence-electron chi connectivity index (χ1n) is 10.6. The number of amides is 1. The van der Waals surface area contributed by atoms with E-state index in [0.717, 1.165) is 43.3 Å². The lowest BCUT2D eigenvalue weighted by atomic mass is 10.1. The van der Waals surface area contributed by atoms with Gasteiger partial charge in [0.2, 0.25) is 5.91 Å². The van der Waals surface area contributed by atoms with Crippen LogP contribution in [0.25, 0.3) is 10.6 Å². The number of nitro benzene ring substituents is 1. The number of hydrogen-bond acceptors (Lipinski definition) is 7. The zero-order valence-electron chi connectivity index (χ0n) is 18.2. The van der Waals surface area contributed by atoms with Crippen LogP contribution < -0.4 is 5.32 Å². The molecule has 0 radical (unpaired) electrons. The molecule has 1 saturated heterocycles. The fourth-order valence-electron chi connectivity index (χ4n) is 3.71. The minimum atomic E-state index is -0.572. The highest BCUT2D eigenvalue weighted by Gasteiger charge is 2.18. The summed E-state index contributed by atoms with van der Waals surface area (Å²) in [7, 11) is 2.15. The highest BCUT2D eigenvalue weighted by atomic mass is 35.5. The van der Waals surface area contributed by atoms with Gasteiger partial charge in [0.1, 0.15) is 10.7 Å². The SMILES string of the molecule is CN1CCN(Cc2cccc(-c3nc(CC(=O)Nc4ccc(Cl)cc4[N+](=O)[O-])cs3)c2)CC1. The fraction of sp³-hybridized carbons (Fsp3) is 0.304. The summed E-state index contributed by atoms with van der Waals surface area (Å²) in [6.45, 7) is 5.18. The molecule has 10 heteroatoms. The van der Waals surface area contributed by atoms with Crippen molar-refractivity contribution < 1.29 is 9.72 Å². The summed E-state index contributed by atoms with van der Waals surface area (Å²) < 4.78 is 0. The van der Waals surface area contributed by atoms with Gasteiger partial charge < -0.3 is 10.2 Å². The second-order valence-electron chi connectivity index (χ2n) is 8.07. The molecule has 2 aromatic carbocycles. The molecule has 0 spiro atoms. The van der Waals surface area contributed by atoms with Crippen molar-refractivity contribution in [2.75, 3.05) is 38.5 Å². The molecular weight excluding hydrogens is 462 g/mol. The standard InChI is InChI=1S/C23H24ClN5O3S/c1-27-7-9-28(10-8-27)14-16-3-2-4-17(11-16)23-25-19(15-33-23)13-22(30)26-20-6-5-18(24)12-21(20)29(31)32/h2-6,11-12,15H,7-10,13-14H2,1H3,(H,26,30). The number of thiazole rings is 1. The summed E-state index contributed by atoms with van der Waals surface area (Å²) >= 11 is 7.31. The molecule has 1 N–H and O–H groups in total. The molecule has 8 nitrogen and oxygen atoms in total. The van der Waals surface area contributed by atoms with E-state index in [4.69, 9.17) is 11.6 Å². The van der Waals surface area contributed by atoms with Crippen LogP contribution in [-0.4, -0.2) is 58.8 Å². The van der Waals surface area contributed by atoms with Crippen LogP contribution in [0.3, 0.4) is 0 Å². The van der Waals surface area contributed by atoms with Crippen LogP contribution >= 0.6 is 22.9 Å². The number of rotatable bonds is 7. The number of aromatic nitrogens is 1. The summed E-state index contributed by atoms with van der Waals surface area (Å²) in [6, 6.07) is 12.5. The Morgan fingerprint density at radius 3 is 2.76 bits per heavy atom. The number of benzene rings is 2. The van der Waals surface area contributed by atoms with E-state index < -0.39 is 4.92 Å². The number of likely N-dealkylation sites (N-methyl/N-ethyl adjacent to an activating group) is 1. The van der Waals surface area contributed by atoms with Crippen LogP contribution in [0.2, 0.25) is 5.02 Å². The van der Waals surface area contributed by atoms with E-state index in [1.54, 1.807) is 0 Å². The number of piperazine rings is 1. The Balaban J connectivity index is 1.40. The number of nitrogens with one attached hydrogen (secondary N) is 1. The number of carbonyl (C=O) groups is 1. The first kappa shape index (κ1) is 23.3. The molecule has 1 aromatic heterocycles. The molecule has 0 bridgehead atoms. The summed E-state index contributed by atoms with van der Waals surface area (Å²) in [5, 5.41) is 16.7. The molecule has 2 heterocycles. The molecule has 172 valence electrons. The van der Waals surface area contributed by atoms with E-state index in [-0.39, 0.29) is 28.7 Å². The van der Waals surface area contributed by atoms with Gasteiger partial charge >= 0.3 is 0 Å². The third-order valence-electron chi connectivity index (χ3n) is 5.50. The highest BCUT2D eigenvalue weighted by molar-refractivity contribution is 7.13. The minimum Gasteiger partial charge on any atom is -0.320 e. The molecule has 1 aliphatic rings. The predicted octanol–water partition coefficient (Wildman–Crippen LogP) is 4.30. The Bertz CT molecular complexity index is 1160. The zero-order valence-corrected chi connectivity index (χ0v) is 19.7. The van der Waals surface area contributed by atoms with Crippen molar-refractivity contribution in [1.29, 1.82) is 0 Å². The quantitative estimate of drug-likeness (QED) is 0.396. The molecule has 0 saturated carbocycles. The van der Waals surface area contributed by atoms with Gasteiger partial charge in [0.25, 0.3) is 5.69 Å². The summed E-state index contributed by atoms with van der Waals surface area (Å²) in [6.07, 6.45) is 0.0251. The van der Waals surface area contributed by atoms with Gasteiger partial charge in [0.15, 0.2) is 0 Å². The van der Waals surface area contributed by atoms with Crippen LogP contribution in [0.5, 0.6) is 0 Å². The van der Waals surface area contributed by atoms with Gasteiger partial charge in [-0.15, -0.1) is 11.3 Å².